The van der Waals surface area contributed by atoms with Gasteiger partial charge in [-0.05, 0) is 70.9 Å². The second-order valence-corrected chi connectivity index (χ2v) is 7.24. The molecule has 4 rings (SSSR count). The maximum Gasteiger partial charge on any atom is 0.137 e. The van der Waals surface area contributed by atoms with Gasteiger partial charge >= 0.3 is 0 Å². The van der Waals surface area contributed by atoms with E-state index in [9.17, 15) is 8.78 Å². The Balaban J connectivity index is 1.72. The Morgan fingerprint density at radius 2 is 1.50 bits per heavy atom. The van der Waals surface area contributed by atoms with Crippen molar-refractivity contribution in [2.24, 2.45) is 0 Å². The fourth-order valence-corrected chi connectivity index (χ4v) is 3.86. The molecule has 0 atom stereocenters. The summed E-state index contributed by atoms with van der Waals surface area (Å²) in [6, 6.07) is 15.0. The molecule has 0 bridgehead atoms. The molecule has 142 valence electrons. The summed E-state index contributed by atoms with van der Waals surface area (Å²) >= 11 is 0. The number of rotatable bonds is 4. The summed E-state index contributed by atoms with van der Waals surface area (Å²) in [5, 5.41) is 0. The summed E-state index contributed by atoms with van der Waals surface area (Å²) in [4.78, 5) is 0. The molecule has 0 N–H and O–H groups in total. The van der Waals surface area contributed by atoms with Crippen LogP contribution in [0.5, 0.6) is 0 Å². The molecule has 0 radical (unpaired) electrons. The van der Waals surface area contributed by atoms with E-state index in [2.05, 4.69) is 31.2 Å². The zero-order chi connectivity index (χ0) is 19.7. The fourth-order valence-electron chi connectivity index (χ4n) is 3.86. The highest BCUT2D eigenvalue weighted by Crippen LogP contribution is 2.37. The van der Waals surface area contributed by atoms with E-state index in [1.807, 2.05) is 6.08 Å². The Morgan fingerprint density at radius 1 is 0.821 bits per heavy atom. The third-order valence-corrected chi connectivity index (χ3v) is 5.32. The molecule has 3 heteroatoms. The van der Waals surface area contributed by atoms with Crippen LogP contribution in [0.1, 0.15) is 42.0 Å². The molecule has 28 heavy (non-hydrogen) atoms. The molecule has 1 aliphatic carbocycles. The second-order valence-electron chi connectivity index (χ2n) is 7.24. The molecule has 0 nitrogen and oxygen atoms in total. The van der Waals surface area contributed by atoms with E-state index in [1.54, 1.807) is 0 Å². The molecule has 0 unspecified atom stereocenters. The average molecular weight is 378 g/mol. The van der Waals surface area contributed by atoms with Gasteiger partial charge in [0, 0.05) is 0 Å². The highest BCUT2D eigenvalue weighted by molar-refractivity contribution is 5.85. The van der Waals surface area contributed by atoms with Crippen LogP contribution in [0.3, 0.4) is 0 Å². The third-order valence-electron chi connectivity index (χ3n) is 5.32. The lowest BCUT2D eigenvalue weighted by Crippen LogP contribution is -2.06. The molecule has 0 heterocycles. The molecular formula is C25H21F3. The predicted octanol–water partition coefficient (Wildman–Crippen LogP) is 7.21. The maximum absolute atomic E-state index is 15.1. The van der Waals surface area contributed by atoms with Crippen LogP contribution in [0.15, 0.2) is 54.6 Å². The van der Waals surface area contributed by atoms with Crippen molar-refractivity contribution in [3.05, 3.63) is 94.3 Å². The van der Waals surface area contributed by atoms with E-state index in [1.165, 1.54) is 35.9 Å². The number of allylic oxidation sites excluding steroid dienone is 1. The van der Waals surface area contributed by atoms with Gasteiger partial charge in [-0.2, -0.15) is 0 Å². The number of fused-ring (bicyclic) bond motifs is 1. The minimum atomic E-state index is -0.626. The summed E-state index contributed by atoms with van der Waals surface area (Å²) in [7, 11) is 0. The van der Waals surface area contributed by atoms with Crippen molar-refractivity contribution in [2.45, 2.75) is 32.6 Å². The van der Waals surface area contributed by atoms with Crippen LogP contribution >= 0.6 is 0 Å². The first-order valence-corrected chi connectivity index (χ1v) is 9.63. The second kappa shape index (κ2) is 7.67. The van der Waals surface area contributed by atoms with Gasteiger partial charge in [0.2, 0.25) is 0 Å². The monoisotopic (exact) mass is 378 g/mol. The van der Waals surface area contributed by atoms with Gasteiger partial charge in [-0.1, -0.05) is 55.8 Å². The van der Waals surface area contributed by atoms with Crippen LogP contribution in [0.25, 0.3) is 22.8 Å². The molecule has 0 aliphatic heterocycles. The first-order valence-electron chi connectivity index (χ1n) is 9.63. The Morgan fingerprint density at radius 3 is 2.18 bits per heavy atom. The summed E-state index contributed by atoms with van der Waals surface area (Å²) in [6.07, 6.45) is 5.24. The van der Waals surface area contributed by atoms with E-state index < -0.39 is 17.5 Å². The van der Waals surface area contributed by atoms with Crippen LogP contribution in [0, 0.1) is 17.5 Å². The van der Waals surface area contributed by atoms with E-state index in [4.69, 9.17) is 0 Å². The van der Waals surface area contributed by atoms with Gasteiger partial charge < -0.3 is 0 Å². The lowest BCUT2D eigenvalue weighted by molar-refractivity contribution is 0.576. The van der Waals surface area contributed by atoms with Crippen LogP contribution in [0.2, 0.25) is 0 Å². The van der Waals surface area contributed by atoms with Crippen molar-refractivity contribution in [1.82, 2.24) is 0 Å². The van der Waals surface area contributed by atoms with Gasteiger partial charge in [-0.15, -0.1) is 0 Å². The standard InChI is InChI=1S/C25H21F3/c1-2-3-16-4-6-17(7-5-16)19-10-13-22-20(14-19)15-23(27)24(25(22)28)18-8-11-21(26)12-9-18/h4-9,11-12,14-15H,2-3,10,13H2,1H3. The minimum Gasteiger partial charge on any atom is -0.207 e. The first kappa shape index (κ1) is 18.5. The van der Waals surface area contributed by atoms with E-state index in [0.29, 0.717) is 29.5 Å². The molecule has 0 saturated carbocycles. The quantitative estimate of drug-likeness (QED) is 0.450. The van der Waals surface area contributed by atoms with Crippen molar-refractivity contribution < 1.29 is 13.2 Å². The smallest absolute Gasteiger partial charge is 0.137 e. The predicted molar refractivity (Wildman–Crippen MR) is 108 cm³/mol. The van der Waals surface area contributed by atoms with Crippen LogP contribution in [-0.2, 0) is 12.8 Å². The van der Waals surface area contributed by atoms with E-state index in [0.717, 1.165) is 24.0 Å². The van der Waals surface area contributed by atoms with Gasteiger partial charge in [0.25, 0.3) is 0 Å². The molecular weight excluding hydrogens is 357 g/mol. The normalized spacial score (nSPS) is 13.2. The molecule has 0 spiro atoms. The average Bonchev–Trinajstić information content (AvgIpc) is 2.70. The van der Waals surface area contributed by atoms with Crippen molar-refractivity contribution in [2.75, 3.05) is 0 Å². The summed E-state index contributed by atoms with van der Waals surface area (Å²) < 4.78 is 43.0. The minimum absolute atomic E-state index is 0.0838. The highest BCUT2D eigenvalue weighted by atomic mass is 19.1. The first-order chi connectivity index (χ1) is 13.6. The summed E-state index contributed by atoms with van der Waals surface area (Å²) in [6.45, 7) is 2.15. The maximum atomic E-state index is 15.1. The lowest BCUT2D eigenvalue weighted by Gasteiger charge is -2.20. The number of hydrogen-bond donors (Lipinski definition) is 0. The fraction of sp³-hybridized carbons (Fsp3) is 0.200. The zero-order valence-electron chi connectivity index (χ0n) is 15.7. The summed E-state index contributed by atoms with van der Waals surface area (Å²) in [5.74, 6) is -1.60. The van der Waals surface area contributed by atoms with Gasteiger partial charge in [0.15, 0.2) is 0 Å². The van der Waals surface area contributed by atoms with Crippen LogP contribution in [0.4, 0.5) is 13.2 Å². The third kappa shape index (κ3) is 3.49. The summed E-state index contributed by atoms with van der Waals surface area (Å²) in [5.41, 5.74) is 4.84. The molecule has 0 amide bonds. The van der Waals surface area contributed by atoms with Crippen molar-refractivity contribution in [3.63, 3.8) is 0 Å². The lowest BCUT2D eigenvalue weighted by atomic mass is 9.86. The number of halogens is 3. The van der Waals surface area contributed by atoms with Gasteiger partial charge in [-0.25, -0.2) is 13.2 Å². The largest absolute Gasteiger partial charge is 0.207 e. The van der Waals surface area contributed by atoms with Gasteiger partial charge in [0.05, 0.1) is 5.56 Å². The Hall–Kier alpha value is -2.81. The van der Waals surface area contributed by atoms with Crippen molar-refractivity contribution >= 4 is 11.6 Å². The van der Waals surface area contributed by atoms with E-state index in [-0.39, 0.29) is 5.56 Å². The Labute approximate surface area is 163 Å². The van der Waals surface area contributed by atoms with Crippen molar-refractivity contribution in [1.29, 1.82) is 0 Å². The molecule has 3 aromatic carbocycles. The molecule has 0 fully saturated rings. The zero-order valence-corrected chi connectivity index (χ0v) is 15.7. The molecule has 3 aromatic rings. The van der Waals surface area contributed by atoms with Gasteiger partial charge in [0.1, 0.15) is 17.5 Å². The number of aryl methyl sites for hydroxylation is 1. The molecule has 1 aliphatic rings. The number of hydrogen-bond acceptors (Lipinski definition) is 0. The van der Waals surface area contributed by atoms with Gasteiger partial charge in [-0.3, -0.25) is 0 Å². The van der Waals surface area contributed by atoms with Crippen molar-refractivity contribution in [3.8, 4) is 11.1 Å². The highest BCUT2D eigenvalue weighted by Gasteiger charge is 2.22. The SMILES string of the molecule is CCCc1ccc(C2=Cc3cc(F)c(-c4ccc(F)cc4)c(F)c3CC2)cc1. The van der Waals surface area contributed by atoms with Crippen LogP contribution in [-0.4, -0.2) is 0 Å². The molecule has 0 aromatic heterocycles. The van der Waals surface area contributed by atoms with E-state index >= 15 is 4.39 Å². The Bertz CT molecular complexity index is 1030. The van der Waals surface area contributed by atoms with Crippen LogP contribution < -0.4 is 0 Å². The Kier molecular flexibility index (Phi) is 5.08. The topological polar surface area (TPSA) is 0 Å². The molecule has 0 saturated heterocycles. The number of benzene rings is 3.